The van der Waals surface area contributed by atoms with E-state index in [0.29, 0.717) is 13.0 Å². The van der Waals surface area contributed by atoms with Crippen LogP contribution in [0.2, 0.25) is 0 Å². The molecule has 0 aromatic rings. The lowest BCUT2D eigenvalue weighted by molar-refractivity contribution is -0.137. The predicted molar refractivity (Wildman–Crippen MR) is 82.4 cm³/mol. The second-order valence-corrected chi connectivity index (χ2v) is 6.24. The number of hydrogen-bond acceptors (Lipinski definition) is 4. The van der Waals surface area contributed by atoms with Crippen LogP contribution in [0.25, 0.3) is 0 Å². The molecular formula is C15H24N4O4. The van der Waals surface area contributed by atoms with Crippen LogP contribution in [-0.4, -0.2) is 47.4 Å². The smallest absolute Gasteiger partial charge is 0.325 e. The highest BCUT2D eigenvalue weighted by Gasteiger charge is 2.55. The minimum Gasteiger partial charge on any atom is -0.338 e. The maximum absolute atomic E-state index is 12.7. The maximum Gasteiger partial charge on any atom is 0.325 e. The molecule has 2 atom stereocenters. The Morgan fingerprint density at radius 3 is 2.74 bits per heavy atom. The summed E-state index contributed by atoms with van der Waals surface area (Å²) in [6, 6.07) is -1.18. The van der Waals surface area contributed by atoms with Crippen molar-refractivity contribution in [1.82, 2.24) is 20.9 Å². The molecule has 3 N–H and O–H groups in total. The van der Waals surface area contributed by atoms with Crippen LogP contribution in [0.1, 0.15) is 46.0 Å². The van der Waals surface area contributed by atoms with Gasteiger partial charge in [0.05, 0.1) is 0 Å². The van der Waals surface area contributed by atoms with Crippen molar-refractivity contribution >= 4 is 23.9 Å². The summed E-state index contributed by atoms with van der Waals surface area (Å²) < 4.78 is 0. The van der Waals surface area contributed by atoms with E-state index in [1.807, 2.05) is 13.8 Å². The minimum atomic E-state index is -0.889. The van der Waals surface area contributed by atoms with Crippen LogP contribution in [0, 0.1) is 5.92 Å². The summed E-state index contributed by atoms with van der Waals surface area (Å²) >= 11 is 0. The van der Waals surface area contributed by atoms with Crippen LogP contribution in [0.3, 0.4) is 0 Å². The van der Waals surface area contributed by atoms with Crippen molar-refractivity contribution in [1.29, 1.82) is 0 Å². The average Bonchev–Trinajstić information content (AvgIpc) is 2.73. The van der Waals surface area contributed by atoms with E-state index in [9.17, 15) is 19.2 Å². The molecule has 2 aliphatic rings. The fourth-order valence-corrected chi connectivity index (χ4v) is 3.23. The van der Waals surface area contributed by atoms with Crippen molar-refractivity contribution in [2.24, 2.45) is 5.92 Å². The van der Waals surface area contributed by atoms with Crippen LogP contribution < -0.4 is 16.0 Å². The lowest BCUT2D eigenvalue weighted by Crippen LogP contribution is -2.54. The largest absolute Gasteiger partial charge is 0.338 e. The molecule has 128 valence electrons. The standard InChI is InChI=1S/C15H24N4O4/c1-3-8-16-13(22)17-11(20)9-19-12(21)15(18-14(19)23)7-5-4-6-10(15)2/h10H,3-9H2,1-2H3,(H,18,23)(H2,16,17,20,22)/t10-,15-/m0/s1. The number of nitrogens with one attached hydrogen (secondary N) is 3. The second-order valence-electron chi connectivity index (χ2n) is 6.24. The number of amides is 6. The van der Waals surface area contributed by atoms with Crippen molar-refractivity contribution in [3.63, 3.8) is 0 Å². The molecule has 8 nitrogen and oxygen atoms in total. The van der Waals surface area contributed by atoms with Crippen molar-refractivity contribution in [3.05, 3.63) is 0 Å². The Kier molecular flexibility index (Phi) is 5.23. The zero-order valence-electron chi connectivity index (χ0n) is 13.6. The number of imide groups is 2. The first kappa shape index (κ1) is 17.2. The van der Waals surface area contributed by atoms with E-state index in [1.165, 1.54) is 0 Å². The highest BCUT2D eigenvalue weighted by atomic mass is 16.2. The van der Waals surface area contributed by atoms with E-state index in [2.05, 4.69) is 16.0 Å². The summed E-state index contributed by atoms with van der Waals surface area (Å²) in [5.41, 5.74) is -0.889. The Labute approximate surface area is 135 Å². The van der Waals surface area contributed by atoms with Crippen molar-refractivity contribution in [2.75, 3.05) is 13.1 Å². The summed E-state index contributed by atoms with van der Waals surface area (Å²) in [7, 11) is 0. The Hall–Kier alpha value is -2.12. The van der Waals surface area contributed by atoms with Crippen molar-refractivity contribution in [3.8, 4) is 0 Å². The quantitative estimate of drug-likeness (QED) is 0.662. The molecule has 0 bridgehead atoms. The molecule has 1 aliphatic carbocycles. The first-order valence-corrected chi connectivity index (χ1v) is 8.12. The van der Waals surface area contributed by atoms with Crippen molar-refractivity contribution in [2.45, 2.75) is 51.5 Å². The minimum absolute atomic E-state index is 0.0358. The summed E-state index contributed by atoms with van der Waals surface area (Å²) in [4.78, 5) is 49.0. The van der Waals surface area contributed by atoms with E-state index in [4.69, 9.17) is 0 Å². The highest BCUT2D eigenvalue weighted by molar-refractivity contribution is 6.10. The summed E-state index contributed by atoms with van der Waals surface area (Å²) in [6.45, 7) is 3.83. The van der Waals surface area contributed by atoms with E-state index < -0.39 is 30.1 Å². The fraction of sp³-hybridized carbons (Fsp3) is 0.733. The van der Waals surface area contributed by atoms with Gasteiger partial charge < -0.3 is 10.6 Å². The molecule has 1 aliphatic heterocycles. The zero-order valence-corrected chi connectivity index (χ0v) is 13.6. The molecule has 2 rings (SSSR count). The maximum atomic E-state index is 12.7. The van der Waals surface area contributed by atoms with Crippen LogP contribution in [0.4, 0.5) is 9.59 Å². The third kappa shape index (κ3) is 3.46. The number of nitrogens with zero attached hydrogens (tertiary/aromatic N) is 1. The van der Waals surface area contributed by atoms with Crippen LogP contribution in [0.15, 0.2) is 0 Å². The molecule has 0 radical (unpaired) electrons. The zero-order chi connectivity index (χ0) is 17.0. The predicted octanol–water partition coefficient (Wildman–Crippen LogP) is 0.723. The molecule has 8 heteroatoms. The van der Waals surface area contributed by atoms with Crippen LogP contribution in [0.5, 0.6) is 0 Å². The van der Waals surface area contributed by atoms with Gasteiger partial charge in [-0.25, -0.2) is 9.59 Å². The Bertz CT molecular complexity index is 522. The van der Waals surface area contributed by atoms with Gasteiger partial charge in [0.2, 0.25) is 5.91 Å². The van der Waals surface area contributed by atoms with Gasteiger partial charge in [0.15, 0.2) is 0 Å². The SMILES string of the molecule is CCCNC(=O)NC(=O)CN1C(=O)N[C@]2(CCCC[C@@H]2C)C1=O. The number of rotatable bonds is 4. The van der Waals surface area contributed by atoms with Gasteiger partial charge in [-0.1, -0.05) is 26.7 Å². The van der Waals surface area contributed by atoms with E-state index in [0.717, 1.165) is 30.6 Å². The number of carbonyl (C=O) groups excluding carboxylic acids is 4. The average molecular weight is 324 g/mol. The van der Waals surface area contributed by atoms with Gasteiger partial charge in [-0.3, -0.25) is 19.8 Å². The van der Waals surface area contributed by atoms with E-state index >= 15 is 0 Å². The van der Waals surface area contributed by atoms with Crippen LogP contribution >= 0.6 is 0 Å². The molecule has 1 saturated carbocycles. The molecule has 23 heavy (non-hydrogen) atoms. The fourth-order valence-electron chi connectivity index (χ4n) is 3.23. The first-order valence-electron chi connectivity index (χ1n) is 8.12. The molecule has 2 fully saturated rings. The lowest BCUT2D eigenvalue weighted by Gasteiger charge is -2.36. The molecule has 0 unspecified atom stereocenters. The van der Waals surface area contributed by atoms with Gasteiger partial charge in [-0.2, -0.15) is 0 Å². The summed E-state index contributed by atoms with van der Waals surface area (Å²) in [5.74, 6) is -1.00. The third-order valence-corrected chi connectivity index (χ3v) is 4.59. The monoisotopic (exact) mass is 324 g/mol. The summed E-state index contributed by atoms with van der Waals surface area (Å²) in [5, 5.41) is 7.39. The Balaban J connectivity index is 1.98. The molecule has 1 saturated heterocycles. The molecule has 0 aromatic carbocycles. The number of urea groups is 2. The number of hydrogen-bond donors (Lipinski definition) is 3. The Morgan fingerprint density at radius 1 is 1.35 bits per heavy atom. The van der Waals surface area contributed by atoms with Gasteiger partial charge in [0.1, 0.15) is 12.1 Å². The van der Waals surface area contributed by atoms with Crippen molar-refractivity contribution < 1.29 is 19.2 Å². The highest BCUT2D eigenvalue weighted by Crippen LogP contribution is 2.38. The number of carbonyl (C=O) groups is 4. The van der Waals surface area contributed by atoms with Gasteiger partial charge >= 0.3 is 12.1 Å². The third-order valence-electron chi connectivity index (χ3n) is 4.59. The van der Waals surface area contributed by atoms with Gasteiger partial charge in [0, 0.05) is 6.54 Å². The molecule has 0 aromatic heterocycles. The lowest BCUT2D eigenvalue weighted by atomic mass is 9.73. The molecule has 1 spiro atoms. The molecule has 1 heterocycles. The normalized spacial score (nSPS) is 27.0. The van der Waals surface area contributed by atoms with E-state index in [1.54, 1.807) is 0 Å². The molecular weight excluding hydrogens is 300 g/mol. The van der Waals surface area contributed by atoms with Gasteiger partial charge in [-0.05, 0) is 25.2 Å². The van der Waals surface area contributed by atoms with Gasteiger partial charge in [-0.15, -0.1) is 0 Å². The van der Waals surface area contributed by atoms with Gasteiger partial charge in [0.25, 0.3) is 5.91 Å². The topological polar surface area (TPSA) is 108 Å². The van der Waals surface area contributed by atoms with E-state index in [-0.39, 0.29) is 11.8 Å². The summed E-state index contributed by atoms with van der Waals surface area (Å²) in [6.07, 6.45) is 4.11. The first-order chi connectivity index (χ1) is 10.9. The molecule has 6 amide bonds. The Morgan fingerprint density at radius 2 is 2.09 bits per heavy atom. The van der Waals surface area contributed by atoms with Crippen LogP contribution in [-0.2, 0) is 9.59 Å². The second kappa shape index (κ2) is 6.97.